The molecule has 0 amide bonds. The molecule has 0 aliphatic rings. The lowest BCUT2D eigenvalue weighted by atomic mass is 10.1. The van der Waals surface area contributed by atoms with Gasteiger partial charge in [-0.25, -0.2) is 8.42 Å². The zero-order valence-corrected chi connectivity index (χ0v) is 14.1. The first kappa shape index (κ1) is 15.8. The molecule has 0 saturated heterocycles. The van der Waals surface area contributed by atoms with E-state index in [4.69, 9.17) is 11.6 Å². The van der Waals surface area contributed by atoms with Crippen molar-refractivity contribution in [3.8, 4) is 0 Å². The summed E-state index contributed by atoms with van der Waals surface area (Å²) < 4.78 is 27.2. The molecule has 0 aliphatic carbocycles. The van der Waals surface area contributed by atoms with Gasteiger partial charge >= 0.3 is 0 Å². The first-order valence-electron chi connectivity index (χ1n) is 6.91. The maximum absolute atomic E-state index is 12.8. The smallest absolute Gasteiger partial charge is 0.211 e. The Morgan fingerprint density at radius 1 is 1.04 bits per heavy atom. The third-order valence-electron chi connectivity index (χ3n) is 3.72. The summed E-state index contributed by atoms with van der Waals surface area (Å²) >= 11 is 5.80. The van der Waals surface area contributed by atoms with Crippen LogP contribution in [-0.4, -0.2) is 13.0 Å². The van der Waals surface area contributed by atoms with Gasteiger partial charge in [-0.1, -0.05) is 23.2 Å². The highest BCUT2D eigenvalue weighted by atomic mass is 35.5. The summed E-state index contributed by atoms with van der Waals surface area (Å²) in [7, 11) is -2.18. The molecular weight excluding hydrogens is 334 g/mol. The lowest BCUT2D eigenvalue weighted by molar-refractivity contribution is 0.594. The number of hydrogen-bond donors (Lipinski definition) is 0. The van der Waals surface area contributed by atoms with E-state index in [-0.39, 0.29) is 9.79 Å². The summed E-state index contributed by atoms with van der Waals surface area (Å²) in [6.45, 7) is 1.86. The number of fused-ring (bicyclic) bond motifs is 1. The van der Waals surface area contributed by atoms with Crippen LogP contribution in [0.4, 0.5) is 0 Å². The molecule has 0 unspecified atom stereocenters. The molecular formula is C17H14ClNO3S. The first-order chi connectivity index (χ1) is 10.8. The molecule has 1 heterocycles. The van der Waals surface area contributed by atoms with Gasteiger partial charge in [-0.05, 0) is 43.3 Å². The van der Waals surface area contributed by atoms with E-state index in [9.17, 15) is 13.2 Å². The molecule has 0 fully saturated rings. The fraction of sp³-hybridized carbons (Fsp3) is 0.118. The van der Waals surface area contributed by atoms with E-state index in [1.54, 1.807) is 17.7 Å². The SMILES string of the molecule is Cc1ccc2c(c1)c(=O)c(S(=O)(=O)c1ccc(Cl)cc1)cn2C. The van der Waals surface area contributed by atoms with Crippen LogP contribution >= 0.6 is 11.6 Å². The Hall–Kier alpha value is -2.11. The Labute approximate surface area is 138 Å². The van der Waals surface area contributed by atoms with Crippen molar-refractivity contribution in [2.75, 3.05) is 0 Å². The number of benzene rings is 2. The number of halogens is 1. The number of hydrogen-bond acceptors (Lipinski definition) is 3. The molecule has 0 spiro atoms. The second-order valence-electron chi connectivity index (χ2n) is 5.41. The van der Waals surface area contributed by atoms with E-state index in [2.05, 4.69) is 0 Å². The van der Waals surface area contributed by atoms with Crippen molar-refractivity contribution in [2.45, 2.75) is 16.7 Å². The summed E-state index contributed by atoms with van der Waals surface area (Å²) in [6.07, 6.45) is 1.37. The highest BCUT2D eigenvalue weighted by Gasteiger charge is 2.23. The monoisotopic (exact) mass is 347 g/mol. The summed E-state index contributed by atoms with van der Waals surface area (Å²) in [5.74, 6) is 0. The van der Waals surface area contributed by atoms with Gasteiger partial charge in [0.05, 0.1) is 10.4 Å². The van der Waals surface area contributed by atoms with Gasteiger partial charge in [-0.3, -0.25) is 4.79 Å². The molecule has 0 atom stereocenters. The third-order valence-corrected chi connectivity index (χ3v) is 5.74. The highest BCUT2D eigenvalue weighted by Crippen LogP contribution is 2.22. The fourth-order valence-corrected chi connectivity index (χ4v) is 4.03. The minimum atomic E-state index is -3.91. The van der Waals surface area contributed by atoms with Gasteiger partial charge in [0.2, 0.25) is 15.3 Å². The Kier molecular flexibility index (Phi) is 3.78. The van der Waals surface area contributed by atoms with Crippen molar-refractivity contribution in [3.05, 3.63) is 69.5 Å². The van der Waals surface area contributed by atoms with Crippen LogP contribution in [-0.2, 0) is 16.9 Å². The number of pyridine rings is 1. The van der Waals surface area contributed by atoms with E-state index in [1.165, 1.54) is 30.5 Å². The summed E-state index contributed by atoms with van der Waals surface area (Å²) in [5, 5.41) is 0.827. The van der Waals surface area contributed by atoms with Crippen LogP contribution < -0.4 is 5.43 Å². The number of aryl methyl sites for hydroxylation is 2. The lowest BCUT2D eigenvalue weighted by Crippen LogP contribution is -2.18. The van der Waals surface area contributed by atoms with Gasteiger partial charge in [-0.2, -0.15) is 0 Å². The van der Waals surface area contributed by atoms with Crippen molar-refractivity contribution in [2.24, 2.45) is 7.05 Å². The highest BCUT2D eigenvalue weighted by molar-refractivity contribution is 7.91. The minimum Gasteiger partial charge on any atom is -0.349 e. The van der Waals surface area contributed by atoms with Crippen molar-refractivity contribution in [3.63, 3.8) is 0 Å². The molecule has 118 valence electrons. The summed E-state index contributed by atoms with van der Waals surface area (Å²) in [6, 6.07) is 11.2. The van der Waals surface area contributed by atoms with Crippen molar-refractivity contribution >= 4 is 32.3 Å². The standard InChI is InChI=1S/C17H14ClNO3S/c1-11-3-8-15-14(9-11)17(20)16(10-19(15)2)23(21,22)13-6-4-12(18)5-7-13/h3-10H,1-2H3. The molecule has 0 aliphatic heterocycles. The van der Waals surface area contributed by atoms with Gasteiger partial charge in [-0.15, -0.1) is 0 Å². The predicted octanol–water partition coefficient (Wildman–Crippen LogP) is 3.33. The Morgan fingerprint density at radius 2 is 1.70 bits per heavy atom. The van der Waals surface area contributed by atoms with E-state index in [0.717, 1.165) is 5.56 Å². The summed E-state index contributed by atoms with van der Waals surface area (Å²) in [5.41, 5.74) is 1.10. The van der Waals surface area contributed by atoms with Crippen LogP contribution in [0.1, 0.15) is 5.56 Å². The average molecular weight is 348 g/mol. The molecule has 3 aromatic rings. The molecule has 0 radical (unpaired) electrons. The van der Waals surface area contributed by atoms with Crippen LogP contribution in [0, 0.1) is 6.92 Å². The van der Waals surface area contributed by atoms with Gasteiger partial charge in [0.1, 0.15) is 4.90 Å². The zero-order valence-electron chi connectivity index (χ0n) is 12.6. The van der Waals surface area contributed by atoms with Crippen LogP contribution in [0.5, 0.6) is 0 Å². The van der Waals surface area contributed by atoms with E-state index >= 15 is 0 Å². The molecule has 2 aromatic carbocycles. The van der Waals surface area contributed by atoms with E-state index < -0.39 is 15.3 Å². The Balaban J connectivity index is 2.34. The molecule has 4 nitrogen and oxygen atoms in total. The Bertz CT molecular complexity index is 1070. The second kappa shape index (κ2) is 5.51. The van der Waals surface area contributed by atoms with Crippen LogP contribution in [0.25, 0.3) is 10.9 Å². The maximum Gasteiger partial charge on any atom is 0.211 e. The predicted molar refractivity (Wildman–Crippen MR) is 90.8 cm³/mol. The first-order valence-corrected chi connectivity index (χ1v) is 8.77. The minimum absolute atomic E-state index is 0.0472. The fourth-order valence-electron chi connectivity index (χ4n) is 2.51. The van der Waals surface area contributed by atoms with Gasteiger partial charge in [0.25, 0.3) is 0 Å². The maximum atomic E-state index is 12.8. The van der Waals surface area contributed by atoms with E-state index in [1.807, 2.05) is 19.1 Å². The second-order valence-corrected chi connectivity index (χ2v) is 7.77. The lowest BCUT2D eigenvalue weighted by Gasteiger charge is -2.10. The quantitative estimate of drug-likeness (QED) is 0.714. The van der Waals surface area contributed by atoms with Crippen molar-refractivity contribution < 1.29 is 8.42 Å². The van der Waals surface area contributed by atoms with Crippen LogP contribution in [0.3, 0.4) is 0 Å². The zero-order chi connectivity index (χ0) is 16.8. The van der Waals surface area contributed by atoms with Gasteiger partial charge in [0, 0.05) is 23.7 Å². The third kappa shape index (κ3) is 2.66. The summed E-state index contributed by atoms with van der Waals surface area (Å²) in [4.78, 5) is 12.5. The number of sulfone groups is 1. The average Bonchev–Trinajstić information content (AvgIpc) is 2.51. The molecule has 3 rings (SSSR count). The largest absolute Gasteiger partial charge is 0.349 e. The number of rotatable bonds is 2. The number of nitrogens with zero attached hydrogens (tertiary/aromatic N) is 1. The molecule has 0 N–H and O–H groups in total. The normalized spacial score (nSPS) is 11.8. The van der Waals surface area contributed by atoms with Crippen LogP contribution in [0.15, 0.2) is 63.2 Å². The molecule has 23 heavy (non-hydrogen) atoms. The van der Waals surface area contributed by atoms with E-state index in [0.29, 0.717) is 15.9 Å². The molecule has 6 heteroatoms. The van der Waals surface area contributed by atoms with Crippen LogP contribution in [0.2, 0.25) is 5.02 Å². The topological polar surface area (TPSA) is 56.1 Å². The molecule has 0 saturated carbocycles. The molecule has 0 bridgehead atoms. The number of aromatic nitrogens is 1. The van der Waals surface area contributed by atoms with Gasteiger partial charge < -0.3 is 4.57 Å². The van der Waals surface area contributed by atoms with Gasteiger partial charge in [0.15, 0.2) is 0 Å². The van der Waals surface area contributed by atoms with Crippen molar-refractivity contribution in [1.29, 1.82) is 0 Å². The molecule has 1 aromatic heterocycles. The Morgan fingerprint density at radius 3 is 2.35 bits per heavy atom. The van der Waals surface area contributed by atoms with Crippen molar-refractivity contribution in [1.82, 2.24) is 4.57 Å².